The Balaban J connectivity index is 1.79. The smallest absolute Gasteiger partial charge is 0.211 e. The Kier molecular flexibility index (Phi) is 3.65. The molecule has 2 heterocycles. The van der Waals surface area contributed by atoms with Crippen molar-refractivity contribution in [3.8, 4) is 0 Å². The molecular weight excluding hydrogens is 297 g/mol. The SMILES string of the molecule is O=c1c(N2CCC[C@H]3CCCC[C@@H]32)csc2ccc(F)cc12. The molecule has 22 heavy (non-hydrogen) atoms. The number of halogens is 1. The van der Waals surface area contributed by atoms with Gasteiger partial charge >= 0.3 is 0 Å². The first-order valence-corrected chi connectivity index (χ1v) is 9.10. The molecule has 4 rings (SSSR count). The topological polar surface area (TPSA) is 20.3 Å². The maximum absolute atomic E-state index is 13.5. The van der Waals surface area contributed by atoms with E-state index in [0.717, 1.165) is 29.3 Å². The average Bonchev–Trinajstić information content (AvgIpc) is 2.55. The lowest BCUT2D eigenvalue weighted by molar-refractivity contribution is 0.243. The van der Waals surface area contributed by atoms with Gasteiger partial charge in [-0.3, -0.25) is 4.79 Å². The molecular formula is C18H20FNOS. The Hall–Kier alpha value is -1.42. The molecule has 0 unspecified atom stereocenters. The van der Waals surface area contributed by atoms with Gasteiger partial charge in [-0.25, -0.2) is 4.39 Å². The quantitative estimate of drug-likeness (QED) is 0.768. The lowest BCUT2D eigenvalue weighted by Gasteiger charge is -2.45. The minimum atomic E-state index is -0.330. The van der Waals surface area contributed by atoms with Crippen molar-refractivity contribution in [1.29, 1.82) is 0 Å². The second-order valence-electron chi connectivity index (χ2n) is 6.54. The van der Waals surface area contributed by atoms with Crippen LogP contribution in [0.3, 0.4) is 0 Å². The molecule has 2 aromatic rings. The van der Waals surface area contributed by atoms with Gasteiger partial charge in [0.05, 0.1) is 5.69 Å². The van der Waals surface area contributed by atoms with E-state index in [1.807, 2.05) is 5.38 Å². The van der Waals surface area contributed by atoms with Gasteiger partial charge < -0.3 is 4.90 Å². The van der Waals surface area contributed by atoms with Gasteiger partial charge in [-0.05, 0) is 49.8 Å². The van der Waals surface area contributed by atoms with E-state index >= 15 is 0 Å². The number of anilines is 1. The fourth-order valence-corrected chi connectivity index (χ4v) is 5.12. The van der Waals surface area contributed by atoms with Crippen LogP contribution in [0.1, 0.15) is 38.5 Å². The van der Waals surface area contributed by atoms with Gasteiger partial charge in [-0.2, -0.15) is 0 Å². The highest BCUT2D eigenvalue weighted by Crippen LogP contribution is 2.37. The second kappa shape index (κ2) is 5.65. The molecule has 1 saturated heterocycles. The van der Waals surface area contributed by atoms with E-state index in [1.54, 1.807) is 17.4 Å². The number of rotatable bonds is 1. The molecule has 4 heteroatoms. The Bertz CT molecular complexity index is 754. The number of benzene rings is 1. The fraction of sp³-hybridized carbons (Fsp3) is 0.500. The average molecular weight is 317 g/mol. The first-order valence-electron chi connectivity index (χ1n) is 8.22. The first kappa shape index (κ1) is 14.2. The molecule has 2 fully saturated rings. The van der Waals surface area contributed by atoms with Crippen LogP contribution in [0.4, 0.5) is 10.1 Å². The van der Waals surface area contributed by atoms with E-state index in [2.05, 4.69) is 4.90 Å². The minimum absolute atomic E-state index is 0.000488. The van der Waals surface area contributed by atoms with Crippen molar-refractivity contribution in [2.75, 3.05) is 11.4 Å². The van der Waals surface area contributed by atoms with Crippen molar-refractivity contribution in [3.05, 3.63) is 39.6 Å². The zero-order valence-electron chi connectivity index (χ0n) is 12.6. The number of fused-ring (bicyclic) bond motifs is 2. The van der Waals surface area contributed by atoms with Crippen molar-refractivity contribution in [2.24, 2.45) is 5.92 Å². The van der Waals surface area contributed by atoms with Crippen LogP contribution in [0.5, 0.6) is 0 Å². The summed E-state index contributed by atoms with van der Waals surface area (Å²) in [5.41, 5.74) is 0.791. The summed E-state index contributed by atoms with van der Waals surface area (Å²) >= 11 is 1.55. The predicted octanol–water partition coefficient (Wildman–Crippen LogP) is 4.56. The third-order valence-electron chi connectivity index (χ3n) is 5.27. The van der Waals surface area contributed by atoms with Gasteiger partial charge in [0.2, 0.25) is 5.43 Å². The van der Waals surface area contributed by atoms with E-state index in [-0.39, 0.29) is 11.2 Å². The molecule has 1 aliphatic heterocycles. The first-order chi connectivity index (χ1) is 10.7. The largest absolute Gasteiger partial charge is 0.364 e. The summed E-state index contributed by atoms with van der Waals surface area (Å²) in [4.78, 5) is 15.2. The summed E-state index contributed by atoms with van der Waals surface area (Å²) in [6.07, 6.45) is 7.52. The zero-order chi connectivity index (χ0) is 15.1. The lowest BCUT2D eigenvalue weighted by Crippen LogP contribution is -2.48. The van der Waals surface area contributed by atoms with E-state index < -0.39 is 0 Å². The molecule has 0 amide bonds. The molecule has 1 saturated carbocycles. The highest BCUT2D eigenvalue weighted by molar-refractivity contribution is 7.16. The maximum Gasteiger partial charge on any atom is 0.211 e. The Morgan fingerprint density at radius 2 is 1.95 bits per heavy atom. The molecule has 1 aromatic heterocycles. The lowest BCUT2D eigenvalue weighted by atomic mass is 9.78. The van der Waals surface area contributed by atoms with Crippen molar-refractivity contribution in [3.63, 3.8) is 0 Å². The third kappa shape index (κ3) is 2.34. The normalized spacial score (nSPS) is 25.2. The Morgan fingerprint density at radius 3 is 2.86 bits per heavy atom. The van der Waals surface area contributed by atoms with Gasteiger partial charge in [0.15, 0.2) is 0 Å². The highest BCUT2D eigenvalue weighted by Gasteiger charge is 2.34. The van der Waals surface area contributed by atoms with Crippen LogP contribution in [-0.4, -0.2) is 12.6 Å². The zero-order valence-corrected chi connectivity index (χ0v) is 13.4. The number of hydrogen-bond acceptors (Lipinski definition) is 3. The van der Waals surface area contributed by atoms with Crippen LogP contribution in [0.25, 0.3) is 10.1 Å². The number of hydrogen-bond donors (Lipinski definition) is 0. The van der Waals surface area contributed by atoms with Crippen LogP contribution >= 0.6 is 11.3 Å². The summed E-state index contributed by atoms with van der Waals surface area (Å²) in [5, 5.41) is 2.51. The standard InChI is InChI=1S/C18H20FNOS/c19-13-7-8-17-14(10-13)18(21)16(11-22-17)20-9-3-5-12-4-1-2-6-15(12)20/h7-8,10-12,15H,1-6,9H2/t12-,15+/m1/s1. The maximum atomic E-state index is 13.5. The van der Waals surface area contributed by atoms with Crippen LogP contribution < -0.4 is 10.3 Å². The van der Waals surface area contributed by atoms with E-state index in [4.69, 9.17) is 0 Å². The predicted molar refractivity (Wildman–Crippen MR) is 90.4 cm³/mol. The summed E-state index contributed by atoms with van der Waals surface area (Å²) in [7, 11) is 0. The summed E-state index contributed by atoms with van der Waals surface area (Å²) in [6, 6.07) is 5.03. The number of nitrogens with zero attached hydrogens (tertiary/aromatic N) is 1. The van der Waals surface area contributed by atoms with Crippen molar-refractivity contribution < 1.29 is 4.39 Å². The van der Waals surface area contributed by atoms with Crippen LogP contribution in [-0.2, 0) is 0 Å². The highest BCUT2D eigenvalue weighted by atomic mass is 32.1. The van der Waals surface area contributed by atoms with Gasteiger partial charge in [-0.1, -0.05) is 12.8 Å². The van der Waals surface area contributed by atoms with E-state index in [0.29, 0.717) is 11.4 Å². The third-order valence-corrected chi connectivity index (χ3v) is 6.22. The molecule has 0 N–H and O–H groups in total. The number of piperidine rings is 1. The Labute approximate surface area is 133 Å². The van der Waals surface area contributed by atoms with E-state index in [9.17, 15) is 9.18 Å². The molecule has 2 aliphatic rings. The van der Waals surface area contributed by atoms with E-state index in [1.165, 1.54) is 44.2 Å². The monoisotopic (exact) mass is 317 g/mol. The minimum Gasteiger partial charge on any atom is -0.364 e. The van der Waals surface area contributed by atoms with Gasteiger partial charge in [0.25, 0.3) is 0 Å². The van der Waals surface area contributed by atoms with Crippen LogP contribution in [0, 0.1) is 11.7 Å². The van der Waals surface area contributed by atoms with Crippen LogP contribution in [0.15, 0.2) is 28.4 Å². The molecule has 116 valence electrons. The molecule has 0 spiro atoms. The molecule has 2 atom stereocenters. The molecule has 0 radical (unpaired) electrons. The molecule has 1 aromatic carbocycles. The molecule has 2 nitrogen and oxygen atoms in total. The van der Waals surface area contributed by atoms with Crippen molar-refractivity contribution >= 4 is 27.1 Å². The summed E-state index contributed by atoms with van der Waals surface area (Å²) in [6.45, 7) is 0.962. The second-order valence-corrected chi connectivity index (χ2v) is 7.45. The molecule has 1 aliphatic carbocycles. The van der Waals surface area contributed by atoms with Crippen molar-refractivity contribution in [2.45, 2.75) is 44.6 Å². The summed E-state index contributed by atoms with van der Waals surface area (Å²) in [5.74, 6) is 0.401. The van der Waals surface area contributed by atoms with Gasteiger partial charge in [0.1, 0.15) is 5.82 Å². The summed E-state index contributed by atoms with van der Waals surface area (Å²) < 4.78 is 14.4. The fourth-order valence-electron chi connectivity index (χ4n) is 4.22. The van der Waals surface area contributed by atoms with Gasteiger partial charge in [-0.15, -0.1) is 11.3 Å². The van der Waals surface area contributed by atoms with Crippen molar-refractivity contribution in [1.82, 2.24) is 0 Å². The Morgan fingerprint density at radius 1 is 1.14 bits per heavy atom. The molecule has 0 bridgehead atoms. The van der Waals surface area contributed by atoms with Crippen LogP contribution in [0.2, 0.25) is 0 Å². The van der Waals surface area contributed by atoms with Gasteiger partial charge in [0, 0.05) is 28.1 Å².